The number of halogens is 2. The van der Waals surface area contributed by atoms with Crippen LogP contribution in [0.4, 0.5) is 5.69 Å². The van der Waals surface area contributed by atoms with E-state index in [1.54, 1.807) is 6.20 Å². The summed E-state index contributed by atoms with van der Waals surface area (Å²) >= 11 is 9.46. The lowest BCUT2D eigenvalue weighted by Crippen LogP contribution is -2.24. The molecule has 0 bridgehead atoms. The Labute approximate surface area is 137 Å². The van der Waals surface area contributed by atoms with Gasteiger partial charge in [0, 0.05) is 18.1 Å². The van der Waals surface area contributed by atoms with Crippen molar-refractivity contribution in [3.05, 3.63) is 55.9 Å². The Kier molecular flexibility index (Phi) is 5.82. The van der Waals surface area contributed by atoms with Gasteiger partial charge in [-0.1, -0.05) is 43.1 Å². The number of nitrogens with zero attached hydrogens (tertiary/aromatic N) is 2. The van der Waals surface area contributed by atoms with E-state index in [0.717, 1.165) is 18.4 Å². The van der Waals surface area contributed by atoms with Crippen LogP contribution < -0.4 is 10.9 Å². The zero-order valence-corrected chi connectivity index (χ0v) is 14.1. The summed E-state index contributed by atoms with van der Waals surface area (Å²) in [6, 6.07) is 7.60. The third-order valence-electron chi connectivity index (χ3n) is 3.14. The van der Waals surface area contributed by atoms with Gasteiger partial charge in [0.25, 0.3) is 5.56 Å². The average molecular weight is 371 g/mol. The van der Waals surface area contributed by atoms with E-state index in [4.69, 9.17) is 11.6 Å². The van der Waals surface area contributed by atoms with Gasteiger partial charge in [-0.05, 0) is 34.0 Å². The molecule has 0 spiro atoms. The maximum Gasteiger partial charge on any atom is 0.283 e. The van der Waals surface area contributed by atoms with Crippen molar-refractivity contribution in [2.75, 3.05) is 5.32 Å². The molecule has 0 aliphatic heterocycles. The molecule has 0 aliphatic rings. The highest BCUT2D eigenvalue weighted by Gasteiger charge is 2.09. The molecular formula is C15H17BrClN3O. The fourth-order valence-corrected chi connectivity index (χ4v) is 2.54. The highest BCUT2D eigenvalue weighted by Crippen LogP contribution is 2.20. The van der Waals surface area contributed by atoms with E-state index >= 15 is 0 Å². The lowest BCUT2D eigenvalue weighted by molar-refractivity contribution is 0.541. The van der Waals surface area contributed by atoms with Gasteiger partial charge in [0.15, 0.2) is 0 Å². The average Bonchev–Trinajstić information content (AvgIpc) is 2.49. The SMILES string of the molecule is CCCCn1ncc(NCc2ccccc2Cl)c(Br)c1=O. The van der Waals surface area contributed by atoms with Crippen LogP contribution in [0.25, 0.3) is 0 Å². The highest BCUT2D eigenvalue weighted by molar-refractivity contribution is 9.10. The Morgan fingerprint density at radius 2 is 2.14 bits per heavy atom. The zero-order valence-electron chi connectivity index (χ0n) is 11.8. The Morgan fingerprint density at radius 3 is 2.86 bits per heavy atom. The van der Waals surface area contributed by atoms with Gasteiger partial charge in [0.1, 0.15) is 4.47 Å². The largest absolute Gasteiger partial charge is 0.379 e. The number of benzene rings is 1. The summed E-state index contributed by atoms with van der Waals surface area (Å²) in [6.45, 7) is 3.26. The van der Waals surface area contributed by atoms with Crippen molar-refractivity contribution in [1.29, 1.82) is 0 Å². The standard InChI is InChI=1S/C15H17BrClN3O/c1-2-3-8-20-15(21)14(16)13(10-19-20)18-9-11-6-4-5-7-12(11)17/h4-7,10,18H,2-3,8-9H2,1H3. The van der Waals surface area contributed by atoms with Crippen LogP contribution in [0, 0.1) is 0 Å². The van der Waals surface area contributed by atoms with E-state index in [-0.39, 0.29) is 5.56 Å². The van der Waals surface area contributed by atoms with Gasteiger partial charge < -0.3 is 5.32 Å². The van der Waals surface area contributed by atoms with Crippen LogP contribution in [-0.2, 0) is 13.1 Å². The van der Waals surface area contributed by atoms with Gasteiger partial charge in [0.2, 0.25) is 0 Å². The second-order valence-electron chi connectivity index (χ2n) is 4.70. The summed E-state index contributed by atoms with van der Waals surface area (Å²) in [5, 5.41) is 8.08. The maximum absolute atomic E-state index is 12.2. The van der Waals surface area contributed by atoms with Gasteiger partial charge >= 0.3 is 0 Å². The summed E-state index contributed by atoms with van der Waals surface area (Å²) in [5.41, 5.74) is 1.53. The third-order valence-corrected chi connectivity index (χ3v) is 4.27. The van der Waals surface area contributed by atoms with Crippen molar-refractivity contribution < 1.29 is 0 Å². The Bertz CT molecular complexity index is 672. The molecule has 0 amide bonds. The van der Waals surface area contributed by atoms with Crippen molar-refractivity contribution >= 4 is 33.2 Å². The minimum atomic E-state index is -0.118. The van der Waals surface area contributed by atoms with E-state index in [9.17, 15) is 4.79 Å². The van der Waals surface area contributed by atoms with Crippen LogP contribution in [0.15, 0.2) is 39.7 Å². The molecule has 1 aromatic carbocycles. The highest BCUT2D eigenvalue weighted by atomic mass is 79.9. The van der Waals surface area contributed by atoms with Crippen molar-refractivity contribution in [1.82, 2.24) is 9.78 Å². The number of anilines is 1. The van der Waals surface area contributed by atoms with E-state index in [2.05, 4.69) is 33.3 Å². The van der Waals surface area contributed by atoms with Crippen LogP contribution in [0.5, 0.6) is 0 Å². The van der Waals surface area contributed by atoms with E-state index in [0.29, 0.717) is 28.3 Å². The third kappa shape index (κ3) is 4.08. The van der Waals surface area contributed by atoms with E-state index in [1.165, 1.54) is 4.68 Å². The molecule has 0 saturated heterocycles. The number of rotatable bonds is 6. The van der Waals surface area contributed by atoms with Crippen molar-refractivity contribution in [2.24, 2.45) is 0 Å². The molecule has 6 heteroatoms. The first kappa shape index (κ1) is 16.0. The molecule has 21 heavy (non-hydrogen) atoms. The predicted molar refractivity (Wildman–Crippen MR) is 89.9 cm³/mol. The molecule has 0 atom stereocenters. The molecular weight excluding hydrogens is 354 g/mol. The molecule has 0 unspecified atom stereocenters. The molecule has 1 aromatic heterocycles. The summed E-state index contributed by atoms with van der Waals surface area (Å²) in [5.74, 6) is 0. The fourth-order valence-electron chi connectivity index (χ4n) is 1.89. The predicted octanol–water partition coefficient (Wildman–Crippen LogP) is 4.07. The molecule has 1 N–H and O–H groups in total. The minimum Gasteiger partial charge on any atom is -0.379 e. The molecule has 0 fully saturated rings. The van der Waals surface area contributed by atoms with Gasteiger partial charge in [0.05, 0.1) is 11.9 Å². The molecule has 0 saturated carbocycles. The Hall–Kier alpha value is -1.33. The number of unbranched alkanes of at least 4 members (excludes halogenated alkanes) is 1. The van der Waals surface area contributed by atoms with E-state index < -0.39 is 0 Å². The Morgan fingerprint density at radius 1 is 1.38 bits per heavy atom. The van der Waals surface area contributed by atoms with Gasteiger partial charge in [-0.3, -0.25) is 4.79 Å². The molecule has 0 radical (unpaired) electrons. The monoisotopic (exact) mass is 369 g/mol. The first-order chi connectivity index (χ1) is 10.1. The molecule has 2 rings (SSSR count). The summed E-state index contributed by atoms with van der Waals surface area (Å²) in [7, 11) is 0. The molecule has 2 aromatic rings. The first-order valence-electron chi connectivity index (χ1n) is 6.86. The van der Waals surface area contributed by atoms with E-state index in [1.807, 2.05) is 24.3 Å². The van der Waals surface area contributed by atoms with Crippen LogP contribution in [0.1, 0.15) is 25.3 Å². The maximum atomic E-state index is 12.2. The summed E-state index contributed by atoms with van der Waals surface area (Å²) in [4.78, 5) is 12.2. The summed E-state index contributed by atoms with van der Waals surface area (Å²) in [6.07, 6.45) is 3.63. The first-order valence-corrected chi connectivity index (χ1v) is 8.03. The van der Waals surface area contributed by atoms with Crippen LogP contribution >= 0.6 is 27.5 Å². The molecule has 4 nitrogen and oxygen atoms in total. The van der Waals surface area contributed by atoms with Crippen LogP contribution in [0.3, 0.4) is 0 Å². The fraction of sp³-hybridized carbons (Fsp3) is 0.333. The topological polar surface area (TPSA) is 46.9 Å². The van der Waals surface area contributed by atoms with Gasteiger partial charge in [-0.25, -0.2) is 4.68 Å². The van der Waals surface area contributed by atoms with Gasteiger partial charge in [-0.2, -0.15) is 5.10 Å². The number of hydrogen-bond acceptors (Lipinski definition) is 3. The lowest BCUT2D eigenvalue weighted by Gasteiger charge is -2.11. The minimum absolute atomic E-state index is 0.118. The van der Waals surface area contributed by atoms with Gasteiger partial charge in [-0.15, -0.1) is 0 Å². The number of hydrogen-bond donors (Lipinski definition) is 1. The summed E-state index contributed by atoms with van der Waals surface area (Å²) < 4.78 is 1.98. The number of aromatic nitrogens is 2. The van der Waals surface area contributed by atoms with Crippen LogP contribution in [0.2, 0.25) is 5.02 Å². The van der Waals surface area contributed by atoms with Crippen LogP contribution in [-0.4, -0.2) is 9.78 Å². The van der Waals surface area contributed by atoms with Crippen molar-refractivity contribution in [3.63, 3.8) is 0 Å². The Balaban J connectivity index is 2.13. The zero-order chi connectivity index (χ0) is 15.2. The van der Waals surface area contributed by atoms with Crippen molar-refractivity contribution in [2.45, 2.75) is 32.9 Å². The normalized spacial score (nSPS) is 10.6. The van der Waals surface area contributed by atoms with Crippen molar-refractivity contribution in [3.8, 4) is 0 Å². The molecule has 1 heterocycles. The number of nitrogens with one attached hydrogen (secondary N) is 1. The second-order valence-corrected chi connectivity index (χ2v) is 5.90. The lowest BCUT2D eigenvalue weighted by atomic mass is 10.2. The number of aryl methyl sites for hydroxylation is 1. The second kappa shape index (κ2) is 7.61. The smallest absolute Gasteiger partial charge is 0.283 e. The molecule has 112 valence electrons. The molecule has 0 aliphatic carbocycles. The quantitative estimate of drug-likeness (QED) is 0.833.